The van der Waals surface area contributed by atoms with E-state index in [-0.39, 0.29) is 16.9 Å². The molecule has 0 saturated carbocycles. The van der Waals surface area contributed by atoms with Crippen molar-refractivity contribution in [2.75, 3.05) is 0 Å². The van der Waals surface area contributed by atoms with Crippen molar-refractivity contribution in [2.24, 2.45) is 0 Å². The lowest BCUT2D eigenvalue weighted by Gasteiger charge is -2.09. The van der Waals surface area contributed by atoms with Crippen LogP contribution < -0.4 is 15.8 Å². The van der Waals surface area contributed by atoms with Gasteiger partial charge in [0.25, 0.3) is 15.6 Å². The minimum absolute atomic E-state index is 0.000682. The van der Waals surface area contributed by atoms with Gasteiger partial charge in [0.2, 0.25) is 5.91 Å². The van der Waals surface area contributed by atoms with E-state index in [9.17, 15) is 26.8 Å². The normalized spacial score (nSPS) is 11.2. The first-order chi connectivity index (χ1) is 11.2. The van der Waals surface area contributed by atoms with Crippen LogP contribution in [0.3, 0.4) is 0 Å². The van der Waals surface area contributed by atoms with Crippen LogP contribution in [-0.2, 0) is 21.2 Å². The minimum atomic E-state index is -4.43. The Bertz CT molecular complexity index is 972. The average Bonchev–Trinajstić information content (AvgIpc) is 2.43. The van der Waals surface area contributed by atoms with Crippen molar-refractivity contribution < 1.29 is 22.0 Å². The van der Waals surface area contributed by atoms with E-state index < -0.39 is 38.0 Å². The summed E-state index contributed by atoms with van der Waals surface area (Å²) in [5.74, 6) is -3.09. The summed E-state index contributed by atoms with van der Waals surface area (Å²) in [5, 5.41) is 0. The first-order valence-electron chi connectivity index (χ1n) is 6.25. The van der Waals surface area contributed by atoms with Gasteiger partial charge >= 0.3 is 0 Å². The second-order valence-corrected chi connectivity index (χ2v) is 6.58. The molecule has 0 saturated heterocycles. The Balaban J connectivity index is 2.07. The zero-order valence-electron chi connectivity index (χ0n) is 11.7. The number of H-pyrrole nitrogens is 2. The summed E-state index contributed by atoms with van der Waals surface area (Å²) in [4.78, 5) is 28.5. The highest BCUT2D eigenvalue weighted by Crippen LogP contribution is 2.14. The number of benzene rings is 1. The standard InChI is InChI=1S/C12H10F2N4O4S2/c13-6-1-2-9(8(14)3-6)24(21,22)18-17-11(20)5-7-4-10(19)16-12(23)15-7/h1-4,18H,5H2,(H,17,20)(H2,15,16,19,23). The molecule has 1 aromatic heterocycles. The van der Waals surface area contributed by atoms with Gasteiger partial charge in [-0.15, -0.1) is 4.83 Å². The number of hydrazine groups is 1. The summed E-state index contributed by atoms with van der Waals surface area (Å²) in [5.41, 5.74) is 1.46. The maximum atomic E-state index is 13.5. The molecule has 24 heavy (non-hydrogen) atoms. The molecule has 8 nitrogen and oxygen atoms in total. The monoisotopic (exact) mass is 376 g/mol. The van der Waals surface area contributed by atoms with Crippen LogP contribution in [0.25, 0.3) is 0 Å². The van der Waals surface area contributed by atoms with Crippen LogP contribution in [0.15, 0.2) is 34.0 Å². The van der Waals surface area contributed by atoms with E-state index >= 15 is 0 Å². The lowest BCUT2D eigenvalue weighted by molar-refractivity contribution is -0.120. The molecule has 0 radical (unpaired) electrons. The van der Waals surface area contributed by atoms with Crippen molar-refractivity contribution >= 4 is 28.1 Å². The molecule has 0 unspecified atom stereocenters. The molecule has 0 aliphatic heterocycles. The number of halogens is 2. The van der Waals surface area contributed by atoms with Gasteiger partial charge < -0.3 is 4.98 Å². The van der Waals surface area contributed by atoms with Crippen molar-refractivity contribution in [3.63, 3.8) is 0 Å². The Morgan fingerprint density at radius 3 is 2.54 bits per heavy atom. The highest BCUT2D eigenvalue weighted by Gasteiger charge is 2.20. The number of nitrogens with one attached hydrogen (secondary N) is 4. The van der Waals surface area contributed by atoms with Crippen molar-refractivity contribution in [1.29, 1.82) is 0 Å². The van der Waals surface area contributed by atoms with Gasteiger partial charge in [-0.2, -0.15) is 0 Å². The van der Waals surface area contributed by atoms with E-state index in [2.05, 4.69) is 9.97 Å². The number of amides is 1. The largest absolute Gasteiger partial charge is 0.335 e. The van der Waals surface area contributed by atoms with Gasteiger partial charge in [-0.25, -0.2) is 17.2 Å². The zero-order valence-corrected chi connectivity index (χ0v) is 13.4. The predicted octanol–water partition coefficient (Wildman–Crippen LogP) is 0.263. The molecule has 128 valence electrons. The molecular formula is C12H10F2N4O4S2. The van der Waals surface area contributed by atoms with Crippen LogP contribution in [-0.4, -0.2) is 24.3 Å². The number of hydrogen-bond acceptors (Lipinski definition) is 5. The van der Waals surface area contributed by atoms with Gasteiger partial charge in [0, 0.05) is 17.8 Å². The fraction of sp³-hybridized carbons (Fsp3) is 0.0833. The molecule has 0 bridgehead atoms. The average molecular weight is 376 g/mol. The molecule has 2 rings (SSSR count). The van der Waals surface area contributed by atoms with Gasteiger partial charge in [0.1, 0.15) is 16.5 Å². The molecule has 12 heteroatoms. The Kier molecular flexibility index (Phi) is 5.21. The fourth-order valence-corrected chi connectivity index (χ4v) is 2.86. The molecule has 0 aliphatic carbocycles. The molecular weight excluding hydrogens is 366 g/mol. The van der Waals surface area contributed by atoms with E-state index in [0.717, 1.165) is 12.1 Å². The number of hydrogen-bond donors (Lipinski definition) is 4. The third-order valence-electron chi connectivity index (χ3n) is 2.68. The number of carbonyl (C=O) groups is 1. The molecule has 0 spiro atoms. The third-order valence-corrected chi connectivity index (χ3v) is 4.16. The molecule has 2 aromatic rings. The summed E-state index contributed by atoms with van der Waals surface area (Å²) < 4.78 is 50.0. The van der Waals surface area contributed by atoms with E-state index in [1.807, 2.05) is 5.43 Å². The van der Waals surface area contributed by atoms with Crippen LogP contribution in [0.2, 0.25) is 0 Å². The first-order valence-corrected chi connectivity index (χ1v) is 8.15. The summed E-state index contributed by atoms with van der Waals surface area (Å²) >= 11 is 4.73. The maximum absolute atomic E-state index is 13.5. The zero-order chi connectivity index (χ0) is 17.9. The SMILES string of the molecule is O=C(Cc1cc(=O)[nH]c(=S)[nH]1)NNS(=O)(=O)c1ccc(F)cc1F. The number of rotatable bonds is 5. The van der Waals surface area contributed by atoms with E-state index in [0.29, 0.717) is 12.1 Å². The topological polar surface area (TPSA) is 124 Å². The van der Waals surface area contributed by atoms with Gasteiger partial charge in [-0.3, -0.25) is 20.0 Å². The van der Waals surface area contributed by atoms with Crippen LogP contribution in [0, 0.1) is 16.4 Å². The molecule has 0 aliphatic rings. The molecule has 4 N–H and O–H groups in total. The molecule has 0 fully saturated rings. The highest BCUT2D eigenvalue weighted by atomic mass is 32.2. The van der Waals surface area contributed by atoms with E-state index in [1.54, 1.807) is 4.83 Å². The maximum Gasteiger partial charge on any atom is 0.260 e. The van der Waals surface area contributed by atoms with Crippen LogP contribution >= 0.6 is 12.2 Å². The van der Waals surface area contributed by atoms with Gasteiger partial charge in [-0.1, -0.05) is 0 Å². The number of carbonyl (C=O) groups excluding carboxylic acids is 1. The molecule has 1 aromatic carbocycles. The van der Waals surface area contributed by atoms with Crippen LogP contribution in [0.4, 0.5) is 8.78 Å². The summed E-state index contributed by atoms with van der Waals surface area (Å²) in [6.07, 6.45) is -0.387. The Morgan fingerprint density at radius 2 is 1.92 bits per heavy atom. The molecule has 1 amide bonds. The Hall–Kier alpha value is -2.44. The second kappa shape index (κ2) is 6.98. The lowest BCUT2D eigenvalue weighted by Crippen LogP contribution is -2.42. The minimum Gasteiger partial charge on any atom is -0.335 e. The first kappa shape index (κ1) is 17.9. The quantitative estimate of drug-likeness (QED) is 0.440. The molecule has 1 heterocycles. The second-order valence-electron chi connectivity index (χ2n) is 4.52. The number of sulfonamides is 1. The third kappa shape index (κ3) is 4.53. The Labute approximate surface area is 139 Å². The van der Waals surface area contributed by atoms with Gasteiger partial charge in [-0.05, 0) is 24.4 Å². The lowest BCUT2D eigenvalue weighted by atomic mass is 10.3. The van der Waals surface area contributed by atoms with E-state index in [4.69, 9.17) is 12.2 Å². The number of aromatic amines is 2. The fourth-order valence-electron chi connectivity index (χ4n) is 1.70. The van der Waals surface area contributed by atoms with Crippen LogP contribution in [0.5, 0.6) is 0 Å². The van der Waals surface area contributed by atoms with Crippen molar-refractivity contribution in [1.82, 2.24) is 20.2 Å². The van der Waals surface area contributed by atoms with Crippen molar-refractivity contribution in [3.05, 3.63) is 56.7 Å². The Morgan fingerprint density at radius 1 is 1.21 bits per heavy atom. The predicted molar refractivity (Wildman–Crippen MR) is 80.8 cm³/mol. The van der Waals surface area contributed by atoms with Crippen molar-refractivity contribution in [2.45, 2.75) is 11.3 Å². The van der Waals surface area contributed by atoms with Gasteiger partial charge in [0.15, 0.2) is 4.77 Å². The van der Waals surface area contributed by atoms with Gasteiger partial charge in [0.05, 0.1) is 6.42 Å². The molecule has 0 atom stereocenters. The summed E-state index contributed by atoms with van der Waals surface area (Å²) in [6.45, 7) is 0. The smallest absolute Gasteiger partial charge is 0.260 e. The van der Waals surface area contributed by atoms with Crippen molar-refractivity contribution in [3.8, 4) is 0 Å². The van der Waals surface area contributed by atoms with E-state index in [1.165, 1.54) is 0 Å². The summed E-state index contributed by atoms with van der Waals surface area (Å²) in [7, 11) is -4.43. The number of aromatic nitrogens is 2. The highest BCUT2D eigenvalue weighted by molar-refractivity contribution is 7.89. The van der Waals surface area contributed by atoms with Crippen LogP contribution in [0.1, 0.15) is 5.69 Å². The summed E-state index contributed by atoms with van der Waals surface area (Å²) in [6, 6.07) is 2.94.